The van der Waals surface area contributed by atoms with Gasteiger partial charge >= 0.3 is 0 Å². The third kappa shape index (κ3) is 2.17. The minimum atomic E-state index is 0.0231. The van der Waals surface area contributed by atoms with Crippen molar-refractivity contribution < 1.29 is 0 Å². The topological polar surface area (TPSA) is 44.5 Å². The number of hydrogen-bond acceptors (Lipinski definition) is 4. The van der Waals surface area contributed by atoms with Crippen molar-refractivity contribution in [3.8, 4) is 0 Å². The summed E-state index contributed by atoms with van der Waals surface area (Å²) in [5.74, 6) is 0. The van der Waals surface area contributed by atoms with Crippen LogP contribution in [0.3, 0.4) is 0 Å². The van der Waals surface area contributed by atoms with Gasteiger partial charge in [-0.15, -0.1) is 0 Å². The lowest BCUT2D eigenvalue weighted by molar-refractivity contribution is 0.197. The van der Waals surface area contributed by atoms with Crippen LogP contribution < -0.4 is 11.1 Å². The summed E-state index contributed by atoms with van der Waals surface area (Å²) in [7, 11) is 6.14. The van der Waals surface area contributed by atoms with Crippen LogP contribution in [-0.2, 0) is 0 Å². The molecule has 1 heterocycles. The number of hydrogen-bond donors (Lipinski definition) is 2. The second-order valence-corrected chi connectivity index (χ2v) is 3.63. The highest BCUT2D eigenvalue weighted by atomic mass is 15.4. The van der Waals surface area contributed by atoms with Crippen molar-refractivity contribution in [2.45, 2.75) is 18.8 Å². The number of rotatable bonds is 3. The van der Waals surface area contributed by atoms with Gasteiger partial charge in [-0.3, -0.25) is 10.2 Å². The molecule has 1 rings (SSSR count). The van der Waals surface area contributed by atoms with E-state index < -0.39 is 0 Å². The zero-order valence-electron chi connectivity index (χ0n) is 8.25. The quantitative estimate of drug-likeness (QED) is 0.541. The van der Waals surface area contributed by atoms with Crippen LogP contribution in [0.1, 0.15) is 6.42 Å². The van der Waals surface area contributed by atoms with E-state index in [-0.39, 0.29) is 6.29 Å². The van der Waals surface area contributed by atoms with E-state index in [2.05, 4.69) is 29.2 Å². The van der Waals surface area contributed by atoms with Crippen molar-refractivity contribution in [2.24, 2.45) is 5.73 Å². The summed E-state index contributed by atoms with van der Waals surface area (Å²) in [6.45, 7) is 2.18. The fraction of sp³-hybridized carbons (Fsp3) is 1.00. The van der Waals surface area contributed by atoms with Crippen molar-refractivity contribution in [2.75, 3.05) is 34.2 Å². The molecule has 0 aromatic carbocycles. The summed E-state index contributed by atoms with van der Waals surface area (Å²) in [4.78, 5) is 4.53. The molecule has 0 spiro atoms. The monoisotopic (exact) mass is 172 g/mol. The van der Waals surface area contributed by atoms with Crippen LogP contribution in [0.2, 0.25) is 0 Å². The maximum atomic E-state index is 5.84. The highest BCUT2D eigenvalue weighted by Gasteiger charge is 2.26. The van der Waals surface area contributed by atoms with Gasteiger partial charge in [-0.05, 0) is 27.6 Å². The first kappa shape index (κ1) is 9.92. The first-order chi connectivity index (χ1) is 5.65. The summed E-state index contributed by atoms with van der Waals surface area (Å²) in [6, 6.07) is 0.671. The Bertz CT molecular complexity index is 137. The van der Waals surface area contributed by atoms with E-state index in [1.807, 2.05) is 7.05 Å². The molecule has 4 nitrogen and oxygen atoms in total. The van der Waals surface area contributed by atoms with Gasteiger partial charge in [-0.25, -0.2) is 0 Å². The Morgan fingerprint density at radius 1 is 1.58 bits per heavy atom. The molecule has 0 aromatic heterocycles. The number of nitrogens with two attached hydrogens (primary N) is 1. The molecule has 0 radical (unpaired) electrons. The predicted molar refractivity (Wildman–Crippen MR) is 50.7 cm³/mol. The average Bonchev–Trinajstić information content (AvgIpc) is 2.51. The van der Waals surface area contributed by atoms with Crippen LogP contribution in [0.5, 0.6) is 0 Å². The minimum absolute atomic E-state index is 0.0231. The van der Waals surface area contributed by atoms with E-state index in [1.165, 1.54) is 6.42 Å². The van der Waals surface area contributed by atoms with Gasteiger partial charge in [-0.1, -0.05) is 0 Å². The summed E-state index contributed by atoms with van der Waals surface area (Å²) in [5.41, 5.74) is 5.84. The van der Waals surface area contributed by atoms with Gasteiger partial charge in [-0.2, -0.15) is 0 Å². The molecule has 1 aliphatic rings. The van der Waals surface area contributed by atoms with Crippen LogP contribution in [-0.4, -0.2) is 56.4 Å². The van der Waals surface area contributed by atoms with Crippen LogP contribution in [0.4, 0.5) is 0 Å². The molecule has 1 aliphatic heterocycles. The van der Waals surface area contributed by atoms with Crippen molar-refractivity contribution in [1.29, 1.82) is 0 Å². The Balaban J connectivity index is 2.35. The summed E-state index contributed by atoms with van der Waals surface area (Å²) < 4.78 is 0. The Morgan fingerprint density at radius 2 is 2.25 bits per heavy atom. The molecule has 2 atom stereocenters. The highest BCUT2D eigenvalue weighted by molar-refractivity contribution is 4.82. The lowest BCUT2D eigenvalue weighted by atomic mass is 10.2. The summed E-state index contributed by atoms with van der Waals surface area (Å²) in [6.07, 6.45) is 1.25. The largest absolute Gasteiger partial charge is 0.305 e. The van der Waals surface area contributed by atoms with Gasteiger partial charge in [0.1, 0.15) is 6.29 Å². The molecule has 2 unspecified atom stereocenters. The zero-order chi connectivity index (χ0) is 9.14. The van der Waals surface area contributed by atoms with Crippen molar-refractivity contribution in [3.05, 3.63) is 0 Å². The summed E-state index contributed by atoms with van der Waals surface area (Å²) >= 11 is 0. The molecule has 3 N–H and O–H groups in total. The van der Waals surface area contributed by atoms with Gasteiger partial charge in [0.05, 0.1) is 0 Å². The standard InChI is InChI=1S/C8H20N4/c1-10-8(9)12-5-4-7(6-12)11(2)3/h7-8,10H,4-6,9H2,1-3H3. The molecular formula is C8H20N4. The molecule has 72 valence electrons. The van der Waals surface area contributed by atoms with Crippen LogP contribution in [0.25, 0.3) is 0 Å². The van der Waals surface area contributed by atoms with E-state index in [4.69, 9.17) is 5.73 Å². The third-order valence-corrected chi connectivity index (χ3v) is 2.61. The number of likely N-dealkylation sites (tertiary alicyclic amines) is 1. The number of nitrogens with one attached hydrogen (secondary N) is 1. The lowest BCUT2D eigenvalue weighted by Gasteiger charge is -2.24. The van der Waals surface area contributed by atoms with Crippen LogP contribution in [0.15, 0.2) is 0 Å². The van der Waals surface area contributed by atoms with E-state index in [9.17, 15) is 0 Å². The van der Waals surface area contributed by atoms with Crippen molar-refractivity contribution in [3.63, 3.8) is 0 Å². The van der Waals surface area contributed by atoms with Gasteiger partial charge in [0.15, 0.2) is 0 Å². The fourth-order valence-electron chi connectivity index (χ4n) is 1.62. The Labute approximate surface area is 74.7 Å². The van der Waals surface area contributed by atoms with Gasteiger partial charge < -0.3 is 10.6 Å². The molecule has 1 saturated heterocycles. The molecule has 4 heteroatoms. The van der Waals surface area contributed by atoms with Gasteiger partial charge in [0, 0.05) is 19.1 Å². The second kappa shape index (κ2) is 4.18. The molecule has 0 bridgehead atoms. The Hall–Kier alpha value is -0.160. The molecule has 1 fully saturated rings. The maximum absolute atomic E-state index is 5.84. The molecule has 0 aromatic rings. The Kier molecular flexibility index (Phi) is 3.46. The smallest absolute Gasteiger partial charge is 0.111 e. The first-order valence-electron chi connectivity index (χ1n) is 4.48. The summed E-state index contributed by atoms with van der Waals surface area (Å²) in [5, 5.41) is 3.05. The third-order valence-electron chi connectivity index (χ3n) is 2.61. The second-order valence-electron chi connectivity index (χ2n) is 3.63. The number of nitrogens with zero attached hydrogens (tertiary/aromatic N) is 2. The van der Waals surface area contributed by atoms with E-state index in [0.717, 1.165) is 13.1 Å². The van der Waals surface area contributed by atoms with Gasteiger partial charge in [0.2, 0.25) is 0 Å². The lowest BCUT2D eigenvalue weighted by Crippen LogP contribution is -2.50. The van der Waals surface area contributed by atoms with Gasteiger partial charge in [0.25, 0.3) is 0 Å². The Morgan fingerprint density at radius 3 is 2.67 bits per heavy atom. The van der Waals surface area contributed by atoms with E-state index >= 15 is 0 Å². The van der Waals surface area contributed by atoms with Crippen molar-refractivity contribution in [1.82, 2.24) is 15.1 Å². The van der Waals surface area contributed by atoms with Crippen LogP contribution >= 0.6 is 0 Å². The average molecular weight is 172 g/mol. The van der Waals surface area contributed by atoms with E-state index in [1.54, 1.807) is 0 Å². The maximum Gasteiger partial charge on any atom is 0.111 e. The molecular weight excluding hydrogens is 152 g/mol. The molecule has 0 amide bonds. The molecule has 0 aliphatic carbocycles. The zero-order valence-corrected chi connectivity index (χ0v) is 8.25. The number of likely N-dealkylation sites (N-methyl/N-ethyl adjacent to an activating group) is 1. The van der Waals surface area contributed by atoms with Crippen LogP contribution in [0, 0.1) is 0 Å². The predicted octanol–water partition coefficient (Wildman–Crippen LogP) is -0.916. The minimum Gasteiger partial charge on any atom is -0.305 e. The normalized spacial score (nSPS) is 28.2. The molecule has 0 saturated carbocycles. The van der Waals surface area contributed by atoms with Crippen molar-refractivity contribution >= 4 is 0 Å². The SMILES string of the molecule is CNC(N)N1CCC(N(C)C)C1. The first-order valence-corrected chi connectivity index (χ1v) is 4.48. The van der Waals surface area contributed by atoms with E-state index in [0.29, 0.717) is 6.04 Å². The fourth-order valence-corrected chi connectivity index (χ4v) is 1.62. The highest BCUT2D eigenvalue weighted by Crippen LogP contribution is 2.12. The molecule has 12 heavy (non-hydrogen) atoms.